The molecule has 2 aromatic rings. The first kappa shape index (κ1) is 24.3. The molecule has 7 nitrogen and oxygen atoms in total. The number of hydrogen-bond donors (Lipinski definition) is 1. The average Bonchev–Trinajstić information content (AvgIpc) is 2.77. The predicted molar refractivity (Wildman–Crippen MR) is 132 cm³/mol. The summed E-state index contributed by atoms with van der Waals surface area (Å²) in [5.74, 6) is 0.877. The number of amides is 2. The quantitative estimate of drug-likeness (QED) is 0.370. The number of nitrogens with one attached hydrogen (secondary N) is 1. The molecule has 1 heterocycles. The lowest BCUT2D eigenvalue weighted by molar-refractivity contribution is -0.122. The van der Waals surface area contributed by atoms with Crippen molar-refractivity contribution in [3.63, 3.8) is 0 Å². The Balaban J connectivity index is 2.09. The van der Waals surface area contributed by atoms with Crippen molar-refractivity contribution in [3.8, 4) is 17.2 Å². The molecule has 8 heteroatoms. The van der Waals surface area contributed by atoms with Gasteiger partial charge in [-0.2, -0.15) is 0 Å². The maximum Gasteiger partial charge on any atom is 0.270 e. The fraction of sp³-hybridized carbons (Fsp3) is 0.320. The topological polar surface area (TPSA) is 77.1 Å². The van der Waals surface area contributed by atoms with Gasteiger partial charge in [0.1, 0.15) is 22.8 Å². The summed E-state index contributed by atoms with van der Waals surface area (Å²) in [5, 5.41) is 2.60. The van der Waals surface area contributed by atoms with E-state index in [2.05, 4.69) is 19.2 Å². The normalized spacial score (nSPS) is 15.2. The van der Waals surface area contributed by atoms with Crippen LogP contribution in [0.4, 0.5) is 5.69 Å². The highest BCUT2D eigenvalue weighted by molar-refractivity contribution is 7.80. The highest BCUT2D eigenvalue weighted by Crippen LogP contribution is 2.35. The van der Waals surface area contributed by atoms with Gasteiger partial charge in [-0.05, 0) is 79.0 Å². The Labute approximate surface area is 199 Å². The Kier molecular flexibility index (Phi) is 7.38. The van der Waals surface area contributed by atoms with Crippen LogP contribution in [0.5, 0.6) is 17.2 Å². The van der Waals surface area contributed by atoms with Crippen molar-refractivity contribution >= 4 is 40.9 Å². The molecule has 33 heavy (non-hydrogen) atoms. The van der Waals surface area contributed by atoms with Crippen LogP contribution in [0.15, 0.2) is 35.9 Å². The number of hydrogen-bond acceptors (Lipinski definition) is 6. The SMILES string of the molecule is CCOc1cc(C)c(/C=C2\C(=O)NC(=S)N(c3ccc(OC)cc3OC)C2=O)cc1C(C)C. The largest absolute Gasteiger partial charge is 0.497 e. The van der Waals surface area contributed by atoms with Crippen molar-refractivity contribution < 1.29 is 23.8 Å². The number of carbonyl (C=O) groups is 2. The first-order valence-electron chi connectivity index (χ1n) is 10.6. The number of thiocarbonyl (C=S) groups is 1. The third-order valence-electron chi connectivity index (χ3n) is 5.35. The fourth-order valence-electron chi connectivity index (χ4n) is 3.60. The number of ether oxygens (including phenoxy) is 3. The monoisotopic (exact) mass is 468 g/mol. The van der Waals surface area contributed by atoms with Crippen LogP contribution in [-0.2, 0) is 9.59 Å². The fourth-order valence-corrected chi connectivity index (χ4v) is 3.88. The number of methoxy groups -OCH3 is 2. The molecule has 0 radical (unpaired) electrons. The molecular formula is C25H28N2O5S. The van der Waals surface area contributed by atoms with E-state index in [-0.39, 0.29) is 16.6 Å². The van der Waals surface area contributed by atoms with Gasteiger partial charge in [0.2, 0.25) is 0 Å². The van der Waals surface area contributed by atoms with Crippen LogP contribution in [0.1, 0.15) is 43.4 Å². The lowest BCUT2D eigenvalue weighted by Gasteiger charge is -2.30. The molecule has 1 aliphatic heterocycles. The summed E-state index contributed by atoms with van der Waals surface area (Å²) >= 11 is 5.32. The Morgan fingerprint density at radius 3 is 2.42 bits per heavy atom. The summed E-state index contributed by atoms with van der Waals surface area (Å²) in [6, 6.07) is 8.90. The molecular weight excluding hydrogens is 440 g/mol. The highest BCUT2D eigenvalue weighted by atomic mass is 32.1. The lowest BCUT2D eigenvalue weighted by atomic mass is 9.95. The van der Waals surface area contributed by atoms with Gasteiger partial charge >= 0.3 is 0 Å². The van der Waals surface area contributed by atoms with Crippen LogP contribution in [0.3, 0.4) is 0 Å². The van der Waals surface area contributed by atoms with Gasteiger partial charge < -0.3 is 14.2 Å². The zero-order chi connectivity index (χ0) is 24.3. The highest BCUT2D eigenvalue weighted by Gasteiger charge is 2.36. The van der Waals surface area contributed by atoms with E-state index in [0.29, 0.717) is 23.8 Å². The Morgan fingerprint density at radius 1 is 1.09 bits per heavy atom. The molecule has 2 amide bonds. The van der Waals surface area contributed by atoms with Gasteiger partial charge in [-0.15, -0.1) is 0 Å². The molecule has 0 bridgehead atoms. The van der Waals surface area contributed by atoms with Gasteiger partial charge in [-0.3, -0.25) is 14.9 Å². The van der Waals surface area contributed by atoms with Crippen molar-refractivity contribution in [1.29, 1.82) is 0 Å². The zero-order valence-electron chi connectivity index (χ0n) is 19.6. The molecule has 0 atom stereocenters. The molecule has 1 saturated heterocycles. The molecule has 0 unspecified atom stereocenters. The molecule has 0 spiro atoms. The minimum absolute atomic E-state index is 0.0168. The van der Waals surface area contributed by atoms with Crippen LogP contribution >= 0.6 is 12.2 Å². The van der Waals surface area contributed by atoms with Gasteiger partial charge in [0.05, 0.1) is 26.5 Å². The van der Waals surface area contributed by atoms with Crippen molar-refractivity contribution in [2.24, 2.45) is 0 Å². The van der Waals surface area contributed by atoms with Gasteiger partial charge in [0, 0.05) is 6.07 Å². The molecule has 0 aliphatic carbocycles. The first-order valence-corrected chi connectivity index (χ1v) is 11.0. The van der Waals surface area contributed by atoms with E-state index in [4.69, 9.17) is 26.4 Å². The van der Waals surface area contributed by atoms with E-state index in [1.807, 2.05) is 26.0 Å². The van der Waals surface area contributed by atoms with Crippen LogP contribution in [0, 0.1) is 6.92 Å². The predicted octanol–water partition coefficient (Wildman–Crippen LogP) is 4.37. The minimum atomic E-state index is -0.548. The number of anilines is 1. The smallest absolute Gasteiger partial charge is 0.270 e. The molecule has 0 aromatic heterocycles. The maximum atomic E-state index is 13.5. The number of aryl methyl sites for hydroxylation is 1. The maximum absolute atomic E-state index is 13.5. The first-order chi connectivity index (χ1) is 15.7. The molecule has 3 rings (SSSR count). The summed E-state index contributed by atoms with van der Waals surface area (Å²) in [6.07, 6.45) is 1.60. The molecule has 1 N–H and O–H groups in total. The van der Waals surface area contributed by atoms with E-state index >= 15 is 0 Å². The number of carbonyl (C=O) groups excluding carboxylic acids is 2. The van der Waals surface area contributed by atoms with Crippen molar-refractivity contribution in [1.82, 2.24) is 5.32 Å². The minimum Gasteiger partial charge on any atom is -0.497 e. The Hall–Kier alpha value is -3.39. The summed E-state index contributed by atoms with van der Waals surface area (Å²) in [4.78, 5) is 27.5. The van der Waals surface area contributed by atoms with Crippen LogP contribution in [-0.4, -0.2) is 37.8 Å². The summed E-state index contributed by atoms with van der Waals surface area (Å²) < 4.78 is 16.5. The van der Waals surface area contributed by atoms with E-state index in [0.717, 1.165) is 22.4 Å². The summed E-state index contributed by atoms with van der Waals surface area (Å²) in [7, 11) is 3.03. The second-order valence-electron chi connectivity index (χ2n) is 7.83. The van der Waals surface area contributed by atoms with Crippen molar-refractivity contribution in [2.45, 2.75) is 33.6 Å². The van der Waals surface area contributed by atoms with E-state index in [1.54, 1.807) is 24.3 Å². The molecule has 1 aliphatic rings. The number of benzene rings is 2. The molecule has 174 valence electrons. The van der Waals surface area contributed by atoms with Crippen LogP contribution < -0.4 is 24.4 Å². The molecule has 2 aromatic carbocycles. The Bertz CT molecular complexity index is 1140. The van der Waals surface area contributed by atoms with E-state index < -0.39 is 11.8 Å². The summed E-state index contributed by atoms with van der Waals surface area (Å²) in [5.41, 5.74) is 3.03. The number of nitrogens with zero attached hydrogens (tertiary/aromatic N) is 1. The van der Waals surface area contributed by atoms with Gasteiger partial charge in [0.15, 0.2) is 5.11 Å². The van der Waals surface area contributed by atoms with Crippen molar-refractivity contribution in [2.75, 3.05) is 25.7 Å². The third-order valence-corrected chi connectivity index (χ3v) is 5.63. The van der Waals surface area contributed by atoms with Crippen LogP contribution in [0.25, 0.3) is 6.08 Å². The van der Waals surface area contributed by atoms with Crippen LogP contribution in [0.2, 0.25) is 0 Å². The van der Waals surface area contributed by atoms with E-state index in [9.17, 15) is 9.59 Å². The third kappa shape index (κ3) is 4.85. The Morgan fingerprint density at radius 2 is 1.82 bits per heavy atom. The molecule has 0 saturated carbocycles. The zero-order valence-corrected chi connectivity index (χ0v) is 20.5. The standard InChI is InChI=1S/C25H28N2O5S/c1-7-32-21-10-15(4)16(11-18(21)14(2)3)12-19-23(28)26-25(33)27(24(19)29)20-9-8-17(30-5)13-22(20)31-6/h8-14H,7H2,1-6H3,(H,26,28,33)/b19-12+. The van der Waals surface area contributed by atoms with Gasteiger partial charge in [0.25, 0.3) is 11.8 Å². The van der Waals surface area contributed by atoms with Crippen molar-refractivity contribution in [3.05, 3.63) is 52.6 Å². The van der Waals surface area contributed by atoms with E-state index in [1.165, 1.54) is 19.1 Å². The van der Waals surface area contributed by atoms with Gasteiger partial charge in [-0.25, -0.2) is 4.90 Å². The number of rotatable bonds is 7. The molecule has 1 fully saturated rings. The lowest BCUT2D eigenvalue weighted by Crippen LogP contribution is -2.54. The average molecular weight is 469 g/mol. The summed E-state index contributed by atoms with van der Waals surface area (Å²) in [6.45, 7) is 8.54. The second kappa shape index (κ2) is 10.0. The van der Waals surface area contributed by atoms with Gasteiger partial charge in [-0.1, -0.05) is 13.8 Å². The second-order valence-corrected chi connectivity index (χ2v) is 8.22.